The van der Waals surface area contributed by atoms with Gasteiger partial charge in [0.2, 0.25) is 0 Å². The third-order valence-electron chi connectivity index (χ3n) is 6.33. The highest BCUT2D eigenvalue weighted by Gasteiger charge is 2.25. The Labute approximate surface area is 216 Å². The Morgan fingerprint density at radius 2 is 1.09 bits per heavy atom. The molecule has 0 aromatic rings. The average molecular weight is 519 g/mol. The van der Waals surface area contributed by atoms with E-state index in [1.165, 1.54) is 109 Å². The van der Waals surface area contributed by atoms with Crippen molar-refractivity contribution >= 4 is 16.4 Å². The van der Waals surface area contributed by atoms with Gasteiger partial charge in [0.05, 0.1) is 6.26 Å². The number of ether oxygens (including phenoxy) is 1. The first-order valence-electron chi connectivity index (χ1n) is 14.4. The van der Waals surface area contributed by atoms with Crippen molar-refractivity contribution < 1.29 is 26.7 Å². The third kappa shape index (κ3) is 26.0. The summed E-state index contributed by atoms with van der Waals surface area (Å²) in [5.74, 6) is -0.801. The van der Waals surface area contributed by atoms with E-state index in [2.05, 4.69) is 11.1 Å². The molecule has 0 radical (unpaired) electrons. The Morgan fingerprint density at radius 3 is 1.49 bits per heavy atom. The van der Waals surface area contributed by atoms with Crippen molar-refractivity contribution in [1.82, 2.24) is 0 Å². The Hall–Kier alpha value is -0.920. The molecule has 0 aliphatic rings. The number of rotatable bonds is 26. The molecule has 35 heavy (non-hydrogen) atoms. The summed E-state index contributed by atoms with van der Waals surface area (Å²) in [4.78, 5) is 12.0. The molecule has 0 saturated heterocycles. The van der Waals surface area contributed by atoms with Crippen LogP contribution in [0.15, 0.2) is 12.3 Å². The van der Waals surface area contributed by atoms with E-state index in [0.717, 1.165) is 25.7 Å². The van der Waals surface area contributed by atoms with E-state index in [1.54, 1.807) is 6.08 Å². The smallest absolute Gasteiger partial charge is 0.398 e. The summed E-state index contributed by atoms with van der Waals surface area (Å²) < 4.78 is 40.0. The molecule has 0 saturated carbocycles. The second-order valence-electron chi connectivity index (χ2n) is 9.76. The second-order valence-corrected chi connectivity index (χ2v) is 10.8. The highest BCUT2D eigenvalue weighted by atomic mass is 32.3. The van der Waals surface area contributed by atoms with Gasteiger partial charge in [-0.15, -0.1) is 0 Å². The first-order valence-corrected chi connectivity index (χ1v) is 15.8. The van der Waals surface area contributed by atoms with Crippen LogP contribution in [0.3, 0.4) is 0 Å². The Kier molecular flexibility index (Phi) is 24.1. The van der Waals surface area contributed by atoms with Crippen LogP contribution in [0.4, 0.5) is 0 Å². The van der Waals surface area contributed by atoms with E-state index in [9.17, 15) is 13.2 Å². The largest absolute Gasteiger partial charge is 0.433 e. The Morgan fingerprint density at radius 1 is 0.686 bits per heavy atom. The minimum absolute atomic E-state index is 0.183. The minimum atomic E-state index is -4.69. The molecule has 0 bridgehead atoms. The highest BCUT2D eigenvalue weighted by Crippen LogP contribution is 2.15. The lowest BCUT2D eigenvalue weighted by molar-refractivity contribution is -0.146. The maximum Gasteiger partial charge on any atom is 0.398 e. The van der Waals surface area contributed by atoms with Crippen molar-refractivity contribution in [1.29, 1.82) is 0 Å². The molecule has 0 amide bonds. The van der Waals surface area contributed by atoms with Gasteiger partial charge in [0.25, 0.3) is 0 Å². The lowest BCUT2D eigenvalue weighted by Gasteiger charge is -2.12. The predicted octanol–water partition coefficient (Wildman–Crippen LogP) is 8.85. The van der Waals surface area contributed by atoms with Crippen molar-refractivity contribution in [3.05, 3.63) is 12.3 Å². The maximum absolute atomic E-state index is 12.0. The van der Waals surface area contributed by atoms with Crippen LogP contribution in [0.2, 0.25) is 0 Å². The van der Waals surface area contributed by atoms with E-state index in [-0.39, 0.29) is 6.42 Å². The quantitative estimate of drug-likeness (QED) is 0.0532. The number of carbonyl (C=O) groups is 1. The van der Waals surface area contributed by atoms with Crippen LogP contribution in [0.5, 0.6) is 0 Å². The highest BCUT2D eigenvalue weighted by molar-refractivity contribution is 7.80. The van der Waals surface area contributed by atoms with Gasteiger partial charge >= 0.3 is 16.4 Å². The fraction of sp³-hybridized carbons (Fsp3) is 0.893. The van der Waals surface area contributed by atoms with Crippen LogP contribution in [-0.2, 0) is 24.1 Å². The molecule has 208 valence electrons. The SMILES string of the molecule is CCCCCCCCCCCCCCCCCCCCC=COC(=O)C(CCCC)OS(=O)(=O)O. The van der Waals surface area contributed by atoms with Crippen molar-refractivity contribution in [2.45, 2.75) is 161 Å². The van der Waals surface area contributed by atoms with Crippen LogP contribution in [0.25, 0.3) is 0 Å². The van der Waals surface area contributed by atoms with Gasteiger partial charge in [-0.2, -0.15) is 8.42 Å². The van der Waals surface area contributed by atoms with Gasteiger partial charge in [0.1, 0.15) is 0 Å². The standard InChI is InChI=1S/C28H54O6S/c1-3-5-7-8-9-10-11-12-13-14-15-16-17-18-19-20-21-22-23-24-26-33-28(29)27(25-6-4-2)34-35(30,31)32/h24,26-27H,3-23,25H2,1-2H3,(H,30,31,32). The number of esters is 1. The van der Waals surface area contributed by atoms with E-state index < -0.39 is 22.5 Å². The number of allylic oxidation sites excluding steroid dienone is 1. The first kappa shape index (κ1) is 34.1. The summed E-state index contributed by atoms with van der Waals surface area (Å²) >= 11 is 0. The molecular weight excluding hydrogens is 464 g/mol. The maximum atomic E-state index is 12.0. The molecule has 6 nitrogen and oxygen atoms in total. The van der Waals surface area contributed by atoms with E-state index in [4.69, 9.17) is 9.29 Å². The molecule has 0 aromatic heterocycles. The van der Waals surface area contributed by atoms with Crippen LogP contribution >= 0.6 is 0 Å². The van der Waals surface area contributed by atoms with E-state index in [1.807, 2.05) is 6.92 Å². The molecule has 0 heterocycles. The third-order valence-corrected chi connectivity index (χ3v) is 6.80. The van der Waals surface area contributed by atoms with Crippen LogP contribution < -0.4 is 0 Å². The van der Waals surface area contributed by atoms with Gasteiger partial charge in [0.15, 0.2) is 6.10 Å². The zero-order chi connectivity index (χ0) is 26.0. The van der Waals surface area contributed by atoms with E-state index >= 15 is 0 Å². The summed E-state index contributed by atoms with van der Waals surface area (Å²) in [7, 11) is -4.69. The molecule has 0 aliphatic carbocycles. The fourth-order valence-corrected chi connectivity index (χ4v) is 4.63. The van der Waals surface area contributed by atoms with Crippen molar-refractivity contribution in [2.24, 2.45) is 0 Å². The molecule has 0 fully saturated rings. The van der Waals surface area contributed by atoms with Gasteiger partial charge in [-0.25, -0.2) is 8.98 Å². The summed E-state index contributed by atoms with van der Waals surface area (Å²) in [6.07, 6.45) is 28.3. The molecule has 0 spiro atoms. The number of hydrogen-bond acceptors (Lipinski definition) is 5. The number of unbranched alkanes of at least 4 members (excludes halogenated alkanes) is 19. The molecule has 0 aliphatic heterocycles. The van der Waals surface area contributed by atoms with Gasteiger partial charge in [-0.1, -0.05) is 136 Å². The van der Waals surface area contributed by atoms with Crippen LogP contribution in [0.1, 0.15) is 155 Å². The zero-order valence-corrected chi connectivity index (χ0v) is 23.5. The Bertz CT molecular complexity index is 603. The van der Waals surface area contributed by atoms with Crippen molar-refractivity contribution in [3.8, 4) is 0 Å². The second kappa shape index (κ2) is 24.8. The van der Waals surface area contributed by atoms with Gasteiger partial charge in [-0.3, -0.25) is 4.55 Å². The molecule has 0 aromatic carbocycles. The first-order chi connectivity index (χ1) is 16.9. The van der Waals surface area contributed by atoms with Gasteiger partial charge in [0, 0.05) is 0 Å². The molecule has 1 unspecified atom stereocenters. The lowest BCUT2D eigenvalue weighted by Crippen LogP contribution is -2.28. The summed E-state index contributed by atoms with van der Waals surface area (Å²) in [5, 5.41) is 0. The zero-order valence-electron chi connectivity index (χ0n) is 22.7. The summed E-state index contributed by atoms with van der Waals surface area (Å²) in [6, 6.07) is 0. The van der Waals surface area contributed by atoms with Gasteiger partial charge < -0.3 is 4.74 Å². The molecule has 1 atom stereocenters. The number of hydrogen-bond donors (Lipinski definition) is 1. The molecular formula is C28H54O6S. The average Bonchev–Trinajstić information content (AvgIpc) is 2.81. The molecule has 1 N–H and O–H groups in total. The van der Waals surface area contributed by atoms with Gasteiger partial charge in [-0.05, 0) is 25.3 Å². The molecule has 7 heteroatoms. The van der Waals surface area contributed by atoms with Crippen LogP contribution in [0, 0.1) is 0 Å². The summed E-state index contributed by atoms with van der Waals surface area (Å²) in [5.41, 5.74) is 0. The molecule has 0 rings (SSSR count). The fourth-order valence-electron chi connectivity index (χ4n) is 4.16. The normalized spacial score (nSPS) is 12.9. The van der Waals surface area contributed by atoms with Crippen molar-refractivity contribution in [2.75, 3.05) is 0 Å². The number of carbonyl (C=O) groups excluding carboxylic acids is 1. The monoisotopic (exact) mass is 518 g/mol. The topological polar surface area (TPSA) is 89.9 Å². The van der Waals surface area contributed by atoms with Crippen LogP contribution in [-0.4, -0.2) is 25.0 Å². The lowest BCUT2D eigenvalue weighted by atomic mass is 10.0. The predicted molar refractivity (Wildman–Crippen MR) is 145 cm³/mol. The van der Waals surface area contributed by atoms with Crippen molar-refractivity contribution in [3.63, 3.8) is 0 Å². The Balaban J connectivity index is 3.50. The van der Waals surface area contributed by atoms with E-state index in [0.29, 0.717) is 6.42 Å². The minimum Gasteiger partial charge on any atom is -0.433 e. The summed E-state index contributed by atoms with van der Waals surface area (Å²) in [6.45, 7) is 4.18.